The van der Waals surface area contributed by atoms with Crippen molar-refractivity contribution < 1.29 is 14.3 Å². The molecule has 0 radical (unpaired) electrons. The number of urea groups is 1. The molecular formula is C18H27N7O3. The van der Waals surface area contributed by atoms with Crippen molar-refractivity contribution >= 4 is 17.6 Å². The van der Waals surface area contributed by atoms with Gasteiger partial charge in [-0.25, -0.2) is 4.79 Å². The standard InChI is InChI=1S/C18H27N7O3/c1-22(2)18(27)24-9-8-23(3)14(12-24)16-21-20-15-6-5-13(11-25(15)16)17(26)19-7-10-28-4/h5-6,11,14H,7-10,12H2,1-4H3,(H,19,26). The van der Waals surface area contributed by atoms with Gasteiger partial charge in [0.2, 0.25) is 0 Å². The molecule has 3 heterocycles. The van der Waals surface area contributed by atoms with Gasteiger partial charge >= 0.3 is 6.03 Å². The summed E-state index contributed by atoms with van der Waals surface area (Å²) in [6.45, 7) is 2.80. The minimum absolute atomic E-state index is 0.0230. The maximum Gasteiger partial charge on any atom is 0.319 e. The summed E-state index contributed by atoms with van der Waals surface area (Å²) in [7, 11) is 7.09. The van der Waals surface area contributed by atoms with E-state index >= 15 is 0 Å². The summed E-state index contributed by atoms with van der Waals surface area (Å²) in [5.74, 6) is 0.528. The molecule has 28 heavy (non-hydrogen) atoms. The Morgan fingerprint density at radius 2 is 2.07 bits per heavy atom. The number of fused-ring (bicyclic) bond motifs is 1. The molecule has 0 aliphatic carbocycles. The highest BCUT2D eigenvalue weighted by Crippen LogP contribution is 2.24. The van der Waals surface area contributed by atoms with Crippen LogP contribution in [0.15, 0.2) is 18.3 Å². The van der Waals surface area contributed by atoms with Gasteiger partial charge in [0.25, 0.3) is 5.91 Å². The van der Waals surface area contributed by atoms with Crippen molar-refractivity contribution in [3.63, 3.8) is 0 Å². The zero-order valence-electron chi connectivity index (χ0n) is 16.8. The Morgan fingerprint density at radius 3 is 2.79 bits per heavy atom. The van der Waals surface area contributed by atoms with E-state index in [1.54, 1.807) is 44.4 Å². The molecule has 1 aliphatic rings. The van der Waals surface area contributed by atoms with Gasteiger partial charge in [-0.15, -0.1) is 10.2 Å². The third-order valence-electron chi connectivity index (χ3n) is 4.88. The minimum Gasteiger partial charge on any atom is -0.383 e. The summed E-state index contributed by atoms with van der Waals surface area (Å²) in [5.41, 5.74) is 1.18. The maximum atomic E-state index is 12.4. The Morgan fingerprint density at radius 1 is 1.29 bits per heavy atom. The van der Waals surface area contributed by atoms with Crippen LogP contribution in [0.1, 0.15) is 22.2 Å². The van der Waals surface area contributed by atoms with Crippen LogP contribution in [0.3, 0.4) is 0 Å². The highest BCUT2D eigenvalue weighted by atomic mass is 16.5. The molecule has 10 nitrogen and oxygen atoms in total. The number of carbonyl (C=O) groups is 2. The van der Waals surface area contributed by atoms with Crippen molar-refractivity contribution in [3.05, 3.63) is 29.7 Å². The summed E-state index contributed by atoms with van der Waals surface area (Å²) in [6, 6.07) is 3.36. The van der Waals surface area contributed by atoms with Crippen LogP contribution in [-0.2, 0) is 4.74 Å². The highest BCUT2D eigenvalue weighted by molar-refractivity contribution is 5.94. The van der Waals surface area contributed by atoms with E-state index < -0.39 is 0 Å². The van der Waals surface area contributed by atoms with Crippen molar-refractivity contribution in [2.45, 2.75) is 6.04 Å². The zero-order valence-corrected chi connectivity index (χ0v) is 16.8. The lowest BCUT2D eigenvalue weighted by Crippen LogP contribution is -2.52. The molecule has 0 aromatic carbocycles. The molecule has 0 spiro atoms. The first kappa shape index (κ1) is 20.0. The van der Waals surface area contributed by atoms with E-state index in [2.05, 4.69) is 20.4 Å². The second-order valence-electron chi connectivity index (χ2n) is 7.07. The predicted octanol–water partition coefficient (Wildman–Crippen LogP) is 0.0756. The Balaban J connectivity index is 1.86. The number of hydrogen-bond acceptors (Lipinski definition) is 6. The Labute approximate surface area is 164 Å². The number of nitrogens with zero attached hydrogens (tertiary/aromatic N) is 6. The second kappa shape index (κ2) is 8.53. The van der Waals surface area contributed by atoms with Crippen LogP contribution in [-0.4, -0.2) is 102 Å². The monoisotopic (exact) mass is 389 g/mol. The molecule has 3 rings (SSSR count). The van der Waals surface area contributed by atoms with E-state index in [9.17, 15) is 9.59 Å². The summed E-state index contributed by atoms with van der Waals surface area (Å²) in [5, 5.41) is 11.4. The van der Waals surface area contributed by atoms with Gasteiger partial charge in [-0.05, 0) is 19.2 Å². The van der Waals surface area contributed by atoms with E-state index in [1.165, 1.54) is 0 Å². The van der Waals surface area contributed by atoms with Crippen molar-refractivity contribution in [3.8, 4) is 0 Å². The van der Waals surface area contributed by atoms with Crippen LogP contribution in [0.25, 0.3) is 5.65 Å². The number of hydrogen-bond donors (Lipinski definition) is 1. The van der Waals surface area contributed by atoms with Gasteiger partial charge in [0, 0.05) is 53.6 Å². The molecule has 1 N–H and O–H groups in total. The number of amides is 3. The van der Waals surface area contributed by atoms with Gasteiger partial charge in [-0.1, -0.05) is 0 Å². The quantitative estimate of drug-likeness (QED) is 0.728. The first-order valence-electron chi connectivity index (χ1n) is 9.20. The summed E-state index contributed by atoms with van der Waals surface area (Å²) < 4.78 is 6.79. The number of rotatable bonds is 5. The average Bonchev–Trinajstić information content (AvgIpc) is 3.11. The third-order valence-corrected chi connectivity index (χ3v) is 4.88. The number of pyridine rings is 1. The van der Waals surface area contributed by atoms with Crippen molar-refractivity contribution in [2.24, 2.45) is 0 Å². The van der Waals surface area contributed by atoms with E-state index in [1.807, 2.05) is 16.3 Å². The summed E-state index contributed by atoms with van der Waals surface area (Å²) >= 11 is 0. The van der Waals surface area contributed by atoms with Crippen molar-refractivity contribution in [1.82, 2.24) is 34.6 Å². The fourth-order valence-electron chi connectivity index (χ4n) is 3.25. The van der Waals surface area contributed by atoms with E-state index in [-0.39, 0.29) is 18.0 Å². The zero-order chi connectivity index (χ0) is 20.3. The van der Waals surface area contributed by atoms with Gasteiger partial charge in [0.05, 0.1) is 18.2 Å². The molecule has 3 amide bonds. The number of aromatic nitrogens is 3. The first-order valence-corrected chi connectivity index (χ1v) is 9.20. The summed E-state index contributed by atoms with van der Waals surface area (Å²) in [4.78, 5) is 30.3. The molecule has 2 aromatic rings. The number of nitrogens with one attached hydrogen (secondary N) is 1. The molecule has 0 bridgehead atoms. The lowest BCUT2D eigenvalue weighted by atomic mass is 10.1. The van der Waals surface area contributed by atoms with E-state index in [0.717, 1.165) is 6.54 Å². The first-order chi connectivity index (χ1) is 13.4. The van der Waals surface area contributed by atoms with Gasteiger partial charge in [-0.2, -0.15) is 0 Å². The smallest absolute Gasteiger partial charge is 0.319 e. The molecule has 1 aliphatic heterocycles. The predicted molar refractivity (Wildman–Crippen MR) is 103 cm³/mol. The van der Waals surface area contributed by atoms with Gasteiger partial charge in [0.15, 0.2) is 11.5 Å². The van der Waals surface area contributed by atoms with E-state index in [4.69, 9.17) is 4.74 Å². The molecule has 1 atom stereocenters. The van der Waals surface area contributed by atoms with Crippen LogP contribution in [0.4, 0.5) is 4.79 Å². The van der Waals surface area contributed by atoms with Crippen LogP contribution in [0.2, 0.25) is 0 Å². The van der Waals surface area contributed by atoms with Crippen LogP contribution < -0.4 is 5.32 Å². The molecule has 0 saturated carbocycles. The highest BCUT2D eigenvalue weighted by Gasteiger charge is 2.32. The van der Waals surface area contributed by atoms with Crippen LogP contribution in [0.5, 0.6) is 0 Å². The Kier molecular flexibility index (Phi) is 6.10. The number of methoxy groups -OCH3 is 1. The normalized spacial score (nSPS) is 17.7. The van der Waals surface area contributed by atoms with Crippen molar-refractivity contribution in [2.75, 3.05) is 61.0 Å². The number of ether oxygens (including phenoxy) is 1. The van der Waals surface area contributed by atoms with E-state index in [0.29, 0.717) is 43.3 Å². The second-order valence-corrected chi connectivity index (χ2v) is 7.07. The molecule has 1 unspecified atom stereocenters. The van der Waals surface area contributed by atoms with Gasteiger partial charge in [0.1, 0.15) is 0 Å². The number of piperazine rings is 1. The molecule has 1 fully saturated rings. The van der Waals surface area contributed by atoms with Gasteiger partial charge in [-0.3, -0.25) is 14.1 Å². The average molecular weight is 389 g/mol. The topological polar surface area (TPSA) is 95.3 Å². The van der Waals surface area contributed by atoms with Crippen molar-refractivity contribution in [1.29, 1.82) is 0 Å². The maximum absolute atomic E-state index is 12.4. The number of likely N-dealkylation sites (N-methyl/N-ethyl adjacent to an activating group) is 1. The molecule has 152 valence electrons. The largest absolute Gasteiger partial charge is 0.383 e. The number of carbonyl (C=O) groups excluding carboxylic acids is 2. The molecular weight excluding hydrogens is 362 g/mol. The third kappa shape index (κ3) is 4.07. The molecule has 10 heteroatoms. The Hall–Kier alpha value is -2.72. The van der Waals surface area contributed by atoms with Crippen LogP contribution >= 0.6 is 0 Å². The van der Waals surface area contributed by atoms with Crippen LogP contribution in [0, 0.1) is 0 Å². The summed E-state index contributed by atoms with van der Waals surface area (Å²) in [6.07, 6.45) is 1.74. The molecule has 2 aromatic heterocycles. The SMILES string of the molecule is COCCNC(=O)c1ccc2nnc(C3CN(C(=O)N(C)C)CCN3C)n2c1. The molecule has 1 saturated heterocycles. The lowest BCUT2D eigenvalue weighted by molar-refractivity contribution is 0.0931. The Bertz CT molecular complexity index is 851. The fraction of sp³-hybridized carbons (Fsp3) is 0.556. The van der Waals surface area contributed by atoms with Gasteiger partial charge < -0.3 is 19.9 Å². The lowest BCUT2D eigenvalue weighted by Gasteiger charge is -2.39. The minimum atomic E-state index is -0.181. The fourth-order valence-corrected chi connectivity index (χ4v) is 3.25.